The molecule has 0 amide bonds. The van der Waals surface area contributed by atoms with Crippen molar-refractivity contribution in [2.75, 3.05) is 0 Å². The fourth-order valence-corrected chi connectivity index (χ4v) is 0.175. The Morgan fingerprint density at radius 1 is 1.36 bits per heavy atom. The van der Waals surface area contributed by atoms with E-state index in [1.165, 1.54) is 0 Å². The van der Waals surface area contributed by atoms with E-state index >= 15 is 0 Å². The Morgan fingerprint density at radius 3 is 1.64 bits per heavy atom. The Kier molecular flexibility index (Phi) is 8.87. The molecule has 4 nitrogen and oxygen atoms in total. The number of carboxylic acids is 1. The highest BCUT2D eigenvalue weighted by Gasteiger charge is 2.07. The summed E-state index contributed by atoms with van der Waals surface area (Å²) >= 11 is 0. The summed E-state index contributed by atoms with van der Waals surface area (Å²) < 4.78 is 0. The summed E-state index contributed by atoms with van der Waals surface area (Å²) in [5.41, 5.74) is 0. The van der Waals surface area contributed by atoms with Crippen molar-refractivity contribution in [3.8, 4) is 0 Å². The second-order valence-corrected chi connectivity index (χ2v) is 2.36. The van der Waals surface area contributed by atoms with Crippen LogP contribution in [0.15, 0.2) is 0 Å². The van der Waals surface area contributed by atoms with E-state index < -0.39 is 12.1 Å². The summed E-state index contributed by atoms with van der Waals surface area (Å²) in [7, 11) is 0. The Morgan fingerprint density at radius 2 is 1.64 bits per heavy atom. The molecule has 0 bridgehead atoms. The lowest BCUT2D eigenvalue weighted by Gasteiger charge is -1.95. The van der Waals surface area contributed by atoms with Gasteiger partial charge in [0.2, 0.25) is 0 Å². The van der Waals surface area contributed by atoms with E-state index in [0.717, 1.165) is 0 Å². The van der Waals surface area contributed by atoms with E-state index in [1.807, 2.05) is 0 Å². The van der Waals surface area contributed by atoms with Crippen LogP contribution in [0, 0.1) is 0 Å². The molecule has 0 aliphatic carbocycles. The minimum absolute atomic E-state index is 0.167. The van der Waals surface area contributed by atoms with Crippen molar-refractivity contribution >= 4 is 5.97 Å². The van der Waals surface area contributed by atoms with Crippen molar-refractivity contribution in [1.82, 2.24) is 0 Å². The first kappa shape index (κ1) is 13.0. The topological polar surface area (TPSA) is 77.8 Å². The quantitative estimate of drug-likeness (QED) is 0.546. The predicted octanol–water partition coefficient (Wildman–Crippen LogP) is 0.229. The molecule has 0 aromatic rings. The third-order valence-corrected chi connectivity index (χ3v) is 0.672. The molecule has 0 rings (SSSR count). The van der Waals surface area contributed by atoms with Gasteiger partial charge in [-0.3, -0.25) is 0 Å². The zero-order valence-corrected chi connectivity index (χ0v) is 7.11. The largest absolute Gasteiger partial charge is 0.479 e. The van der Waals surface area contributed by atoms with Crippen molar-refractivity contribution < 1.29 is 20.1 Å². The number of aliphatic carboxylic acids is 1. The number of rotatable bonds is 2. The van der Waals surface area contributed by atoms with Gasteiger partial charge < -0.3 is 15.3 Å². The summed E-state index contributed by atoms with van der Waals surface area (Å²) in [6.45, 7) is 5.05. The second-order valence-electron chi connectivity index (χ2n) is 2.36. The average molecular weight is 164 g/mol. The maximum Gasteiger partial charge on any atom is 0.332 e. The first-order chi connectivity index (χ1) is 4.91. The van der Waals surface area contributed by atoms with Crippen LogP contribution < -0.4 is 0 Å². The van der Waals surface area contributed by atoms with Gasteiger partial charge in [-0.05, 0) is 20.3 Å². The van der Waals surface area contributed by atoms with Crippen molar-refractivity contribution in [2.45, 2.75) is 39.4 Å². The van der Waals surface area contributed by atoms with Gasteiger partial charge in [-0.1, -0.05) is 6.92 Å². The number of hydrogen-bond donors (Lipinski definition) is 3. The molecule has 11 heavy (non-hydrogen) atoms. The molecule has 0 aliphatic rings. The van der Waals surface area contributed by atoms with Crippen molar-refractivity contribution in [3.05, 3.63) is 0 Å². The highest BCUT2D eigenvalue weighted by molar-refractivity contribution is 5.71. The van der Waals surface area contributed by atoms with Crippen LogP contribution in [0.4, 0.5) is 0 Å². The van der Waals surface area contributed by atoms with Gasteiger partial charge in [-0.15, -0.1) is 0 Å². The Bertz CT molecular complexity index is 97.9. The minimum atomic E-state index is -1.18. The molecule has 0 aromatic heterocycles. The van der Waals surface area contributed by atoms with Crippen molar-refractivity contribution in [1.29, 1.82) is 0 Å². The summed E-state index contributed by atoms with van der Waals surface area (Å²) in [5, 5.41) is 24.3. The zero-order valence-electron chi connectivity index (χ0n) is 7.11. The molecule has 0 spiro atoms. The molecule has 1 unspecified atom stereocenters. The second kappa shape index (κ2) is 7.50. The fraction of sp³-hybridized carbons (Fsp3) is 0.857. The van der Waals surface area contributed by atoms with Crippen LogP contribution in [0.2, 0.25) is 0 Å². The standard InChI is InChI=1S/C4H8O3.C3H8O/c1-2-3(5)4(6)7;1-3(2)4/h3,5H,2H2,1H3,(H,6,7);3-4H,1-2H3. The highest BCUT2D eigenvalue weighted by atomic mass is 16.4. The Hall–Kier alpha value is -0.610. The first-order valence-corrected chi connectivity index (χ1v) is 3.50. The van der Waals surface area contributed by atoms with Gasteiger partial charge in [0.25, 0.3) is 0 Å². The summed E-state index contributed by atoms with van der Waals surface area (Å²) in [6.07, 6.45) is -1.07. The first-order valence-electron chi connectivity index (χ1n) is 3.50. The molecule has 1 atom stereocenters. The van der Waals surface area contributed by atoms with E-state index in [-0.39, 0.29) is 12.5 Å². The molecule has 4 heteroatoms. The lowest BCUT2D eigenvalue weighted by molar-refractivity contribution is -0.146. The van der Waals surface area contributed by atoms with Gasteiger partial charge in [0.15, 0.2) is 6.10 Å². The van der Waals surface area contributed by atoms with Gasteiger partial charge in [-0.2, -0.15) is 0 Å². The number of carbonyl (C=O) groups is 1. The van der Waals surface area contributed by atoms with Gasteiger partial charge >= 0.3 is 5.97 Å². The van der Waals surface area contributed by atoms with Gasteiger partial charge in [0, 0.05) is 6.10 Å². The zero-order chi connectivity index (χ0) is 9.44. The molecule has 0 aliphatic heterocycles. The van der Waals surface area contributed by atoms with Crippen LogP contribution >= 0.6 is 0 Å². The third kappa shape index (κ3) is 17.7. The van der Waals surface area contributed by atoms with E-state index in [2.05, 4.69) is 0 Å². The summed E-state index contributed by atoms with van der Waals surface area (Å²) in [6, 6.07) is 0. The average Bonchev–Trinajstić information content (AvgIpc) is 1.85. The maximum atomic E-state index is 9.68. The molecule has 0 heterocycles. The Balaban J connectivity index is 0. The van der Waals surface area contributed by atoms with E-state index in [0.29, 0.717) is 0 Å². The van der Waals surface area contributed by atoms with Gasteiger partial charge in [0.1, 0.15) is 0 Å². The van der Waals surface area contributed by atoms with Crippen LogP contribution in [0.1, 0.15) is 27.2 Å². The maximum absolute atomic E-state index is 9.68. The van der Waals surface area contributed by atoms with Crippen LogP contribution in [-0.2, 0) is 4.79 Å². The van der Waals surface area contributed by atoms with Gasteiger partial charge in [-0.25, -0.2) is 4.79 Å². The van der Waals surface area contributed by atoms with Crippen molar-refractivity contribution in [3.63, 3.8) is 0 Å². The minimum Gasteiger partial charge on any atom is -0.479 e. The molecule has 0 fully saturated rings. The van der Waals surface area contributed by atoms with Gasteiger partial charge in [0.05, 0.1) is 0 Å². The number of aliphatic hydroxyl groups is 2. The molecule has 3 N–H and O–H groups in total. The summed E-state index contributed by atoms with van der Waals surface area (Å²) in [5.74, 6) is -1.15. The number of hydrogen-bond acceptors (Lipinski definition) is 3. The lowest BCUT2D eigenvalue weighted by atomic mass is 10.3. The van der Waals surface area contributed by atoms with E-state index in [9.17, 15) is 4.79 Å². The summed E-state index contributed by atoms with van der Waals surface area (Å²) in [4.78, 5) is 9.68. The number of aliphatic hydroxyl groups excluding tert-OH is 2. The molecular weight excluding hydrogens is 148 g/mol. The molecular formula is C7H16O4. The van der Waals surface area contributed by atoms with Crippen LogP contribution in [0.3, 0.4) is 0 Å². The molecule has 0 aromatic carbocycles. The lowest BCUT2D eigenvalue weighted by Crippen LogP contribution is -2.17. The molecule has 0 saturated carbocycles. The van der Waals surface area contributed by atoms with Crippen molar-refractivity contribution in [2.24, 2.45) is 0 Å². The third-order valence-electron chi connectivity index (χ3n) is 0.672. The van der Waals surface area contributed by atoms with Crippen LogP contribution in [-0.4, -0.2) is 33.5 Å². The Labute approximate surface area is 66.5 Å². The van der Waals surface area contributed by atoms with Crippen LogP contribution in [0.25, 0.3) is 0 Å². The fourth-order valence-electron chi connectivity index (χ4n) is 0.175. The monoisotopic (exact) mass is 164 g/mol. The molecule has 68 valence electrons. The predicted molar refractivity (Wildman–Crippen MR) is 41.3 cm³/mol. The van der Waals surface area contributed by atoms with E-state index in [4.69, 9.17) is 15.3 Å². The number of carboxylic acid groups (broad SMARTS) is 1. The highest BCUT2D eigenvalue weighted by Crippen LogP contribution is 1.86. The van der Waals surface area contributed by atoms with Crippen LogP contribution in [0.5, 0.6) is 0 Å². The SMILES string of the molecule is CC(C)O.CCC(O)C(=O)O. The van der Waals surface area contributed by atoms with E-state index in [1.54, 1.807) is 20.8 Å². The molecule has 0 saturated heterocycles. The normalized spacial score (nSPS) is 11.8. The molecule has 0 radical (unpaired) electrons. The smallest absolute Gasteiger partial charge is 0.332 e.